The molecular formula is C11H10ClFN4O. The number of nitrogen functional groups attached to an aromatic ring is 1. The molecule has 0 amide bonds. The van der Waals surface area contributed by atoms with Crippen molar-refractivity contribution < 1.29 is 9.13 Å². The lowest BCUT2D eigenvalue weighted by Crippen LogP contribution is -2.02. The first-order valence-electron chi connectivity index (χ1n) is 4.98. The monoisotopic (exact) mass is 268 g/mol. The van der Waals surface area contributed by atoms with Crippen LogP contribution in [-0.4, -0.2) is 17.1 Å². The summed E-state index contributed by atoms with van der Waals surface area (Å²) in [6.07, 6.45) is 1.34. The standard InChI is InChI=1S/C11H10ClFN4O/c1-18-6-2-3-7(13)9(4-6)16-10-8(14)5-15-11(12)17-10/h2-5H,14H2,1H3,(H,15,16,17). The number of halogens is 2. The first kappa shape index (κ1) is 12.4. The third-order valence-corrected chi connectivity index (χ3v) is 2.40. The highest BCUT2D eigenvalue weighted by atomic mass is 35.5. The van der Waals surface area contributed by atoms with Gasteiger partial charge in [0, 0.05) is 6.07 Å². The molecule has 0 atom stereocenters. The van der Waals surface area contributed by atoms with Gasteiger partial charge in [-0.1, -0.05) is 0 Å². The maximum Gasteiger partial charge on any atom is 0.224 e. The fourth-order valence-electron chi connectivity index (χ4n) is 1.32. The number of rotatable bonds is 3. The van der Waals surface area contributed by atoms with Crippen LogP contribution >= 0.6 is 11.6 Å². The van der Waals surface area contributed by atoms with Crippen LogP contribution in [0.4, 0.5) is 21.6 Å². The van der Waals surface area contributed by atoms with E-state index < -0.39 is 5.82 Å². The molecule has 0 unspecified atom stereocenters. The van der Waals surface area contributed by atoms with E-state index in [1.54, 1.807) is 0 Å². The number of hydrogen-bond acceptors (Lipinski definition) is 5. The zero-order valence-electron chi connectivity index (χ0n) is 9.45. The Hall–Kier alpha value is -2.08. The van der Waals surface area contributed by atoms with Gasteiger partial charge in [0.15, 0.2) is 5.82 Å². The summed E-state index contributed by atoms with van der Waals surface area (Å²) in [5.74, 6) is 0.296. The minimum atomic E-state index is -0.454. The molecule has 3 N–H and O–H groups in total. The SMILES string of the molecule is COc1ccc(F)c(Nc2nc(Cl)ncc2N)c1. The van der Waals surface area contributed by atoms with Crippen LogP contribution in [0.3, 0.4) is 0 Å². The van der Waals surface area contributed by atoms with Gasteiger partial charge in [-0.05, 0) is 23.7 Å². The van der Waals surface area contributed by atoms with Gasteiger partial charge in [-0.25, -0.2) is 9.37 Å². The highest BCUT2D eigenvalue weighted by molar-refractivity contribution is 6.28. The lowest BCUT2D eigenvalue weighted by molar-refractivity contribution is 0.414. The van der Waals surface area contributed by atoms with Crippen molar-refractivity contribution in [3.63, 3.8) is 0 Å². The molecule has 0 saturated carbocycles. The Morgan fingerprint density at radius 3 is 2.94 bits per heavy atom. The number of nitrogens with two attached hydrogens (primary N) is 1. The van der Waals surface area contributed by atoms with Crippen molar-refractivity contribution in [2.45, 2.75) is 0 Å². The minimum Gasteiger partial charge on any atom is -0.497 e. The number of anilines is 3. The zero-order valence-corrected chi connectivity index (χ0v) is 10.2. The Balaban J connectivity index is 2.36. The summed E-state index contributed by atoms with van der Waals surface area (Å²) in [6.45, 7) is 0. The van der Waals surface area contributed by atoms with Crippen LogP contribution in [0, 0.1) is 5.82 Å². The first-order chi connectivity index (χ1) is 8.60. The van der Waals surface area contributed by atoms with E-state index in [-0.39, 0.29) is 22.5 Å². The van der Waals surface area contributed by atoms with E-state index >= 15 is 0 Å². The number of aromatic nitrogens is 2. The van der Waals surface area contributed by atoms with E-state index in [4.69, 9.17) is 22.1 Å². The molecule has 94 valence electrons. The molecule has 7 heteroatoms. The molecular weight excluding hydrogens is 259 g/mol. The van der Waals surface area contributed by atoms with E-state index in [1.165, 1.54) is 31.5 Å². The average Bonchev–Trinajstić information content (AvgIpc) is 2.36. The number of ether oxygens (including phenoxy) is 1. The van der Waals surface area contributed by atoms with Crippen molar-refractivity contribution >= 4 is 28.8 Å². The van der Waals surface area contributed by atoms with Crippen LogP contribution in [-0.2, 0) is 0 Å². The molecule has 0 bridgehead atoms. The van der Waals surface area contributed by atoms with Gasteiger partial charge in [0.25, 0.3) is 0 Å². The van der Waals surface area contributed by atoms with Gasteiger partial charge in [-0.2, -0.15) is 4.98 Å². The Kier molecular flexibility index (Phi) is 3.47. The van der Waals surface area contributed by atoms with Crippen molar-refractivity contribution in [3.05, 3.63) is 35.5 Å². The summed E-state index contributed by atoms with van der Waals surface area (Å²) in [5.41, 5.74) is 6.11. The lowest BCUT2D eigenvalue weighted by atomic mass is 10.3. The Morgan fingerprint density at radius 2 is 2.22 bits per heavy atom. The van der Waals surface area contributed by atoms with E-state index in [0.29, 0.717) is 5.75 Å². The normalized spacial score (nSPS) is 10.2. The average molecular weight is 269 g/mol. The summed E-state index contributed by atoms with van der Waals surface area (Å²) in [5, 5.41) is 2.76. The zero-order chi connectivity index (χ0) is 13.1. The largest absolute Gasteiger partial charge is 0.497 e. The van der Waals surface area contributed by atoms with Crippen molar-refractivity contribution in [2.24, 2.45) is 0 Å². The molecule has 1 aromatic carbocycles. The molecule has 5 nitrogen and oxygen atoms in total. The summed E-state index contributed by atoms with van der Waals surface area (Å²) in [6, 6.07) is 4.28. The van der Waals surface area contributed by atoms with Crippen LogP contribution in [0.2, 0.25) is 5.28 Å². The first-order valence-corrected chi connectivity index (χ1v) is 5.36. The van der Waals surface area contributed by atoms with E-state index in [0.717, 1.165) is 0 Å². The summed E-state index contributed by atoms with van der Waals surface area (Å²) < 4.78 is 18.6. The second-order valence-electron chi connectivity index (χ2n) is 3.41. The summed E-state index contributed by atoms with van der Waals surface area (Å²) in [7, 11) is 1.49. The van der Waals surface area contributed by atoms with E-state index in [1.807, 2.05) is 0 Å². The third-order valence-electron chi connectivity index (χ3n) is 2.21. The smallest absolute Gasteiger partial charge is 0.224 e. The maximum absolute atomic E-state index is 13.6. The number of nitrogens with one attached hydrogen (secondary N) is 1. The van der Waals surface area contributed by atoms with Crippen molar-refractivity contribution in [3.8, 4) is 5.75 Å². The lowest BCUT2D eigenvalue weighted by Gasteiger charge is -2.10. The highest BCUT2D eigenvalue weighted by Crippen LogP contribution is 2.26. The number of benzene rings is 1. The molecule has 2 rings (SSSR count). The Labute approximate surface area is 108 Å². The molecule has 0 aliphatic rings. The molecule has 1 aromatic heterocycles. The molecule has 0 saturated heterocycles. The van der Waals surface area contributed by atoms with Crippen LogP contribution in [0.15, 0.2) is 24.4 Å². The van der Waals surface area contributed by atoms with Crippen LogP contribution in [0.1, 0.15) is 0 Å². The topological polar surface area (TPSA) is 73.1 Å². The summed E-state index contributed by atoms with van der Waals surface area (Å²) in [4.78, 5) is 7.58. The van der Waals surface area contributed by atoms with Crippen LogP contribution in [0.25, 0.3) is 0 Å². The van der Waals surface area contributed by atoms with E-state index in [9.17, 15) is 4.39 Å². The quantitative estimate of drug-likeness (QED) is 0.837. The molecule has 0 fully saturated rings. The van der Waals surface area contributed by atoms with Gasteiger partial charge in [0.2, 0.25) is 5.28 Å². The van der Waals surface area contributed by atoms with Crippen molar-refractivity contribution in [2.75, 3.05) is 18.2 Å². The van der Waals surface area contributed by atoms with Crippen LogP contribution < -0.4 is 15.8 Å². The third kappa shape index (κ3) is 2.60. The van der Waals surface area contributed by atoms with Gasteiger partial charge < -0.3 is 15.8 Å². The van der Waals surface area contributed by atoms with Gasteiger partial charge in [-0.15, -0.1) is 0 Å². The maximum atomic E-state index is 13.6. The van der Waals surface area contributed by atoms with Gasteiger partial charge in [-0.3, -0.25) is 0 Å². The number of hydrogen-bond donors (Lipinski definition) is 2. The molecule has 0 aliphatic carbocycles. The van der Waals surface area contributed by atoms with Crippen molar-refractivity contribution in [1.29, 1.82) is 0 Å². The fourth-order valence-corrected chi connectivity index (χ4v) is 1.46. The Morgan fingerprint density at radius 1 is 1.44 bits per heavy atom. The highest BCUT2D eigenvalue weighted by Gasteiger charge is 2.08. The summed E-state index contributed by atoms with van der Waals surface area (Å²) >= 11 is 5.65. The molecule has 1 heterocycles. The second kappa shape index (κ2) is 5.05. The Bertz CT molecular complexity index is 579. The predicted molar refractivity (Wildman–Crippen MR) is 67.7 cm³/mol. The number of nitrogens with zero attached hydrogens (tertiary/aromatic N) is 2. The molecule has 2 aromatic rings. The van der Waals surface area contributed by atoms with Crippen LogP contribution in [0.5, 0.6) is 5.75 Å². The second-order valence-corrected chi connectivity index (χ2v) is 3.75. The van der Waals surface area contributed by atoms with Gasteiger partial charge in [0.1, 0.15) is 11.6 Å². The predicted octanol–water partition coefficient (Wildman–Crippen LogP) is 2.60. The van der Waals surface area contributed by atoms with Crippen molar-refractivity contribution in [1.82, 2.24) is 9.97 Å². The fraction of sp³-hybridized carbons (Fsp3) is 0.0909. The van der Waals surface area contributed by atoms with Gasteiger partial charge >= 0.3 is 0 Å². The molecule has 18 heavy (non-hydrogen) atoms. The number of methoxy groups -OCH3 is 1. The molecule has 0 radical (unpaired) electrons. The molecule has 0 spiro atoms. The van der Waals surface area contributed by atoms with E-state index in [2.05, 4.69) is 15.3 Å². The minimum absolute atomic E-state index is 0.0232. The molecule has 0 aliphatic heterocycles. The van der Waals surface area contributed by atoms with Gasteiger partial charge in [0.05, 0.1) is 24.7 Å².